The van der Waals surface area contributed by atoms with E-state index in [-0.39, 0.29) is 11.9 Å². The van der Waals surface area contributed by atoms with E-state index in [0.29, 0.717) is 17.8 Å². The van der Waals surface area contributed by atoms with Gasteiger partial charge in [-0.05, 0) is 50.0 Å². The van der Waals surface area contributed by atoms with Gasteiger partial charge in [-0.2, -0.15) is 0 Å². The lowest BCUT2D eigenvalue weighted by Crippen LogP contribution is -2.40. The van der Waals surface area contributed by atoms with Crippen molar-refractivity contribution in [3.05, 3.63) is 0 Å². The van der Waals surface area contributed by atoms with Gasteiger partial charge in [-0.25, -0.2) is 0 Å². The fourth-order valence-electron chi connectivity index (χ4n) is 3.11. The van der Waals surface area contributed by atoms with Crippen molar-refractivity contribution in [2.75, 3.05) is 7.05 Å². The molecule has 0 radical (unpaired) electrons. The van der Waals surface area contributed by atoms with Crippen LogP contribution in [-0.4, -0.2) is 19.0 Å². The molecule has 0 aromatic heterocycles. The van der Waals surface area contributed by atoms with Gasteiger partial charge in [-0.3, -0.25) is 4.79 Å². The van der Waals surface area contributed by atoms with Crippen LogP contribution in [0.3, 0.4) is 0 Å². The molecule has 1 fully saturated rings. The number of primary amides is 1. The lowest BCUT2D eigenvalue weighted by atomic mass is 9.68. The summed E-state index contributed by atoms with van der Waals surface area (Å²) in [4.78, 5) is 11.0. The molecule has 1 aliphatic rings. The van der Waals surface area contributed by atoms with Crippen molar-refractivity contribution in [2.45, 2.75) is 58.9 Å². The van der Waals surface area contributed by atoms with Crippen LogP contribution in [0.15, 0.2) is 0 Å². The van der Waals surface area contributed by atoms with Crippen molar-refractivity contribution in [2.24, 2.45) is 23.0 Å². The van der Waals surface area contributed by atoms with Gasteiger partial charge >= 0.3 is 0 Å². The van der Waals surface area contributed by atoms with E-state index < -0.39 is 0 Å². The Labute approximate surface area is 106 Å². The molecular weight excluding hydrogens is 212 g/mol. The molecule has 0 bridgehead atoms. The first-order chi connectivity index (χ1) is 7.84. The van der Waals surface area contributed by atoms with E-state index in [4.69, 9.17) is 5.73 Å². The van der Waals surface area contributed by atoms with Gasteiger partial charge in [0.2, 0.25) is 5.91 Å². The Balaban J connectivity index is 2.47. The van der Waals surface area contributed by atoms with Gasteiger partial charge in [0.25, 0.3) is 0 Å². The van der Waals surface area contributed by atoms with Crippen LogP contribution in [0.4, 0.5) is 0 Å². The third-order valence-corrected chi connectivity index (χ3v) is 4.36. The number of nitrogens with two attached hydrogens (primary N) is 1. The molecule has 1 amide bonds. The highest BCUT2D eigenvalue weighted by molar-refractivity contribution is 5.74. The summed E-state index contributed by atoms with van der Waals surface area (Å²) in [5.41, 5.74) is 5.71. The standard InChI is InChI=1S/C14H28N2O/c1-14(2,3)11-7-5-10(6-8-11)12(16-4)9-13(15)17/h10-12,16H,5-9H2,1-4H3,(H2,15,17). The van der Waals surface area contributed by atoms with Gasteiger partial charge < -0.3 is 11.1 Å². The van der Waals surface area contributed by atoms with Gasteiger partial charge in [-0.1, -0.05) is 20.8 Å². The first-order valence-electron chi connectivity index (χ1n) is 6.80. The number of hydrogen-bond donors (Lipinski definition) is 2. The molecule has 1 rings (SSSR count). The van der Waals surface area contributed by atoms with Crippen molar-refractivity contribution in [3.8, 4) is 0 Å². The van der Waals surface area contributed by atoms with Crippen LogP contribution in [0, 0.1) is 17.3 Å². The Morgan fingerprint density at radius 1 is 1.29 bits per heavy atom. The molecule has 1 saturated carbocycles. The van der Waals surface area contributed by atoms with Crippen LogP contribution in [0.25, 0.3) is 0 Å². The zero-order valence-corrected chi connectivity index (χ0v) is 11.8. The quantitative estimate of drug-likeness (QED) is 0.792. The molecule has 0 aromatic rings. The second-order valence-corrected chi connectivity index (χ2v) is 6.54. The SMILES string of the molecule is CNC(CC(N)=O)C1CCC(C(C)(C)C)CC1. The Morgan fingerprint density at radius 2 is 1.82 bits per heavy atom. The van der Waals surface area contributed by atoms with E-state index in [1.54, 1.807) is 0 Å². The second-order valence-electron chi connectivity index (χ2n) is 6.54. The molecule has 3 heteroatoms. The maximum Gasteiger partial charge on any atom is 0.218 e. The first-order valence-corrected chi connectivity index (χ1v) is 6.80. The minimum Gasteiger partial charge on any atom is -0.370 e. The molecule has 1 atom stereocenters. The molecule has 0 aromatic carbocycles. The predicted octanol–water partition coefficient (Wildman–Crippen LogP) is 2.30. The topological polar surface area (TPSA) is 55.1 Å². The fourth-order valence-corrected chi connectivity index (χ4v) is 3.11. The Kier molecular flexibility index (Phi) is 4.99. The highest BCUT2D eigenvalue weighted by Crippen LogP contribution is 2.40. The predicted molar refractivity (Wildman–Crippen MR) is 71.6 cm³/mol. The van der Waals surface area contributed by atoms with Crippen LogP contribution < -0.4 is 11.1 Å². The maximum atomic E-state index is 11.0. The van der Waals surface area contributed by atoms with Gasteiger partial charge in [-0.15, -0.1) is 0 Å². The van der Waals surface area contributed by atoms with E-state index in [1.165, 1.54) is 25.7 Å². The van der Waals surface area contributed by atoms with E-state index in [1.807, 2.05) is 7.05 Å². The van der Waals surface area contributed by atoms with Gasteiger partial charge in [0, 0.05) is 12.5 Å². The van der Waals surface area contributed by atoms with Crippen molar-refractivity contribution in [3.63, 3.8) is 0 Å². The van der Waals surface area contributed by atoms with Crippen molar-refractivity contribution in [1.29, 1.82) is 0 Å². The smallest absolute Gasteiger partial charge is 0.218 e. The highest BCUT2D eigenvalue weighted by Gasteiger charge is 2.32. The monoisotopic (exact) mass is 240 g/mol. The molecule has 0 aliphatic heterocycles. The van der Waals surface area contributed by atoms with Crippen molar-refractivity contribution >= 4 is 5.91 Å². The van der Waals surface area contributed by atoms with E-state index in [2.05, 4.69) is 26.1 Å². The normalized spacial score (nSPS) is 27.8. The zero-order valence-electron chi connectivity index (χ0n) is 11.8. The second kappa shape index (κ2) is 5.85. The number of amides is 1. The number of carbonyl (C=O) groups excluding carboxylic acids is 1. The molecule has 3 N–H and O–H groups in total. The summed E-state index contributed by atoms with van der Waals surface area (Å²) >= 11 is 0. The maximum absolute atomic E-state index is 11.0. The van der Waals surface area contributed by atoms with E-state index in [9.17, 15) is 4.79 Å². The highest BCUT2D eigenvalue weighted by atomic mass is 16.1. The third kappa shape index (κ3) is 4.30. The minimum absolute atomic E-state index is 0.192. The Morgan fingerprint density at radius 3 is 2.18 bits per heavy atom. The third-order valence-electron chi connectivity index (χ3n) is 4.36. The lowest BCUT2D eigenvalue weighted by Gasteiger charge is -2.39. The summed E-state index contributed by atoms with van der Waals surface area (Å²) in [6, 6.07) is 0.272. The molecular formula is C14H28N2O. The molecule has 0 saturated heterocycles. The summed E-state index contributed by atoms with van der Waals surface area (Å²) in [5, 5.41) is 3.26. The number of hydrogen-bond acceptors (Lipinski definition) is 2. The molecule has 0 spiro atoms. The van der Waals surface area contributed by atoms with Gasteiger partial charge in [0.1, 0.15) is 0 Å². The molecule has 1 aliphatic carbocycles. The summed E-state index contributed by atoms with van der Waals surface area (Å²) in [6.45, 7) is 6.99. The summed E-state index contributed by atoms with van der Waals surface area (Å²) in [7, 11) is 1.93. The lowest BCUT2D eigenvalue weighted by molar-refractivity contribution is -0.118. The molecule has 17 heavy (non-hydrogen) atoms. The largest absolute Gasteiger partial charge is 0.370 e. The van der Waals surface area contributed by atoms with Crippen LogP contribution >= 0.6 is 0 Å². The fraction of sp³-hybridized carbons (Fsp3) is 0.929. The Bertz CT molecular complexity index is 249. The van der Waals surface area contributed by atoms with Crippen molar-refractivity contribution in [1.82, 2.24) is 5.32 Å². The van der Waals surface area contributed by atoms with Crippen molar-refractivity contribution < 1.29 is 4.79 Å². The number of carbonyl (C=O) groups is 1. The Hall–Kier alpha value is -0.570. The van der Waals surface area contributed by atoms with Crippen LogP contribution in [0.5, 0.6) is 0 Å². The summed E-state index contributed by atoms with van der Waals surface area (Å²) in [5.74, 6) is 1.25. The number of rotatable bonds is 4. The van der Waals surface area contributed by atoms with E-state index >= 15 is 0 Å². The van der Waals surface area contributed by atoms with Crippen LogP contribution in [0.1, 0.15) is 52.9 Å². The number of nitrogens with one attached hydrogen (secondary N) is 1. The molecule has 1 unspecified atom stereocenters. The molecule has 100 valence electrons. The van der Waals surface area contributed by atoms with Crippen LogP contribution in [-0.2, 0) is 4.79 Å². The first kappa shape index (κ1) is 14.5. The average molecular weight is 240 g/mol. The average Bonchev–Trinajstić information content (AvgIpc) is 2.24. The summed E-state index contributed by atoms with van der Waals surface area (Å²) < 4.78 is 0. The molecule has 0 heterocycles. The molecule has 3 nitrogen and oxygen atoms in total. The zero-order chi connectivity index (χ0) is 13.1. The van der Waals surface area contributed by atoms with Gasteiger partial charge in [0.15, 0.2) is 0 Å². The van der Waals surface area contributed by atoms with Gasteiger partial charge in [0.05, 0.1) is 0 Å². The summed E-state index contributed by atoms with van der Waals surface area (Å²) in [6.07, 6.45) is 5.49. The van der Waals surface area contributed by atoms with E-state index in [0.717, 1.165) is 5.92 Å². The van der Waals surface area contributed by atoms with Crippen LogP contribution in [0.2, 0.25) is 0 Å². The minimum atomic E-state index is -0.192.